The molecular weight excluding hydrogens is 392 g/mol. The van der Waals surface area contributed by atoms with Crippen LogP contribution >= 0.6 is 0 Å². The number of anilines is 1. The molecule has 4 rings (SSSR count). The van der Waals surface area contributed by atoms with E-state index in [0.29, 0.717) is 30.0 Å². The number of fused-ring (bicyclic) bond motifs is 2. The van der Waals surface area contributed by atoms with E-state index in [1.165, 1.54) is 13.8 Å². The molecule has 2 heterocycles. The average Bonchev–Trinajstić information content (AvgIpc) is 3.30. The highest BCUT2D eigenvalue weighted by molar-refractivity contribution is 6.08. The van der Waals surface area contributed by atoms with Crippen LogP contribution in [-0.2, 0) is 23.9 Å². The van der Waals surface area contributed by atoms with Gasteiger partial charge in [0.15, 0.2) is 17.6 Å². The Morgan fingerprint density at radius 3 is 2.37 bits per heavy atom. The molecule has 0 aromatic heterocycles. The Hall–Kier alpha value is -3.10. The molecule has 4 unspecified atom stereocenters. The number of nitrogens with one attached hydrogen (secondary N) is 1. The standard InChI is InChI=1S/C21H24N2O7/c1-11(23-19(25)14-5-3-4-6-15(14)20(23)26)21(27)30-12(2)18(24)22-13-7-8-16-17(9-13)29-10-28-16/h7-9,11-12,14-15H,3-6,10H2,1-2H3,(H,22,24). The summed E-state index contributed by atoms with van der Waals surface area (Å²) in [5, 5.41) is 2.64. The van der Waals surface area contributed by atoms with E-state index in [-0.39, 0.29) is 30.4 Å². The van der Waals surface area contributed by atoms with Crippen LogP contribution in [0.25, 0.3) is 0 Å². The van der Waals surface area contributed by atoms with Gasteiger partial charge in [-0.15, -0.1) is 0 Å². The third-order valence-corrected chi connectivity index (χ3v) is 5.91. The molecule has 9 nitrogen and oxygen atoms in total. The molecule has 2 aliphatic heterocycles. The van der Waals surface area contributed by atoms with E-state index < -0.39 is 24.0 Å². The number of likely N-dealkylation sites (tertiary alicyclic amines) is 1. The molecule has 160 valence electrons. The first-order valence-electron chi connectivity index (χ1n) is 10.1. The first-order chi connectivity index (χ1) is 14.4. The van der Waals surface area contributed by atoms with Gasteiger partial charge in [0.25, 0.3) is 5.91 Å². The number of amides is 3. The van der Waals surface area contributed by atoms with Crippen LogP contribution in [-0.4, -0.2) is 47.5 Å². The van der Waals surface area contributed by atoms with E-state index in [9.17, 15) is 19.2 Å². The van der Waals surface area contributed by atoms with Gasteiger partial charge in [-0.1, -0.05) is 12.8 Å². The fourth-order valence-electron chi connectivity index (χ4n) is 4.22. The second kappa shape index (κ2) is 7.97. The van der Waals surface area contributed by atoms with Crippen LogP contribution in [0.15, 0.2) is 18.2 Å². The maximum absolute atomic E-state index is 12.6. The molecule has 9 heteroatoms. The zero-order chi connectivity index (χ0) is 21.4. The normalized spacial score (nSPS) is 24.3. The maximum atomic E-state index is 12.6. The third kappa shape index (κ3) is 3.59. The van der Waals surface area contributed by atoms with Gasteiger partial charge in [0.2, 0.25) is 18.6 Å². The number of imide groups is 1. The Kier molecular flexibility index (Phi) is 5.36. The topological polar surface area (TPSA) is 111 Å². The quantitative estimate of drug-likeness (QED) is 0.576. The van der Waals surface area contributed by atoms with Gasteiger partial charge < -0.3 is 19.5 Å². The van der Waals surface area contributed by atoms with Crippen molar-refractivity contribution in [2.24, 2.45) is 11.8 Å². The lowest BCUT2D eigenvalue weighted by atomic mass is 9.81. The summed E-state index contributed by atoms with van der Waals surface area (Å²) in [4.78, 5) is 51.3. The van der Waals surface area contributed by atoms with Crippen molar-refractivity contribution >= 4 is 29.4 Å². The van der Waals surface area contributed by atoms with Gasteiger partial charge in [-0.3, -0.25) is 19.3 Å². The van der Waals surface area contributed by atoms with Crippen molar-refractivity contribution in [2.75, 3.05) is 12.1 Å². The molecule has 2 fully saturated rings. The Balaban J connectivity index is 1.36. The van der Waals surface area contributed by atoms with Crippen LogP contribution in [0, 0.1) is 11.8 Å². The second-order valence-electron chi connectivity index (χ2n) is 7.86. The van der Waals surface area contributed by atoms with Crippen molar-refractivity contribution in [1.29, 1.82) is 0 Å². The number of hydrogen-bond acceptors (Lipinski definition) is 7. The van der Waals surface area contributed by atoms with Gasteiger partial charge in [0.05, 0.1) is 11.8 Å². The summed E-state index contributed by atoms with van der Waals surface area (Å²) in [5.41, 5.74) is 0.467. The number of rotatable bonds is 5. The number of carbonyl (C=O) groups is 4. The van der Waals surface area contributed by atoms with E-state index in [1.54, 1.807) is 18.2 Å². The molecule has 30 heavy (non-hydrogen) atoms. The van der Waals surface area contributed by atoms with Crippen LogP contribution in [0.4, 0.5) is 5.69 Å². The van der Waals surface area contributed by atoms with Crippen molar-refractivity contribution in [3.8, 4) is 11.5 Å². The van der Waals surface area contributed by atoms with Crippen molar-refractivity contribution in [3.63, 3.8) is 0 Å². The summed E-state index contributed by atoms with van der Waals surface area (Å²) in [7, 11) is 0. The summed E-state index contributed by atoms with van der Waals surface area (Å²) in [5.74, 6) is -1.54. The zero-order valence-corrected chi connectivity index (χ0v) is 16.9. The number of hydrogen-bond donors (Lipinski definition) is 1. The van der Waals surface area contributed by atoms with Crippen LogP contribution in [0.1, 0.15) is 39.5 Å². The fraction of sp³-hybridized carbons (Fsp3) is 0.524. The van der Waals surface area contributed by atoms with Crippen LogP contribution in [0.5, 0.6) is 11.5 Å². The highest BCUT2D eigenvalue weighted by Crippen LogP contribution is 2.39. The molecule has 0 bridgehead atoms. The summed E-state index contributed by atoms with van der Waals surface area (Å²) in [6.07, 6.45) is 2.04. The Morgan fingerprint density at radius 2 is 1.70 bits per heavy atom. The predicted octanol–water partition coefficient (Wildman–Crippen LogP) is 1.85. The van der Waals surface area contributed by atoms with Gasteiger partial charge in [0, 0.05) is 11.8 Å². The maximum Gasteiger partial charge on any atom is 0.329 e. The lowest BCUT2D eigenvalue weighted by molar-refractivity contribution is -0.163. The van der Waals surface area contributed by atoms with Crippen molar-refractivity contribution in [3.05, 3.63) is 18.2 Å². The number of ether oxygens (including phenoxy) is 3. The van der Waals surface area contributed by atoms with Crippen molar-refractivity contribution < 1.29 is 33.4 Å². The van der Waals surface area contributed by atoms with Crippen LogP contribution in [0.3, 0.4) is 0 Å². The molecule has 4 atom stereocenters. The van der Waals surface area contributed by atoms with Gasteiger partial charge >= 0.3 is 5.97 Å². The summed E-state index contributed by atoms with van der Waals surface area (Å²) in [6, 6.07) is 3.85. The SMILES string of the molecule is CC(OC(=O)C(C)N1C(=O)C2CCCCC2C1=O)C(=O)Nc1ccc2c(c1)OCO2. The van der Waals surface area contributed by atoms with E-state index in [4.69, 9.17) is 14.2 Å². The monoisotopic (exact) mass is 416 g/mol. The molecule has 0 spiro atoms. The molecule has 1 saturated heterocycles. The van der Waals surface area contributed by atoms with Gasteiger partial charge in [-0.05, 0) is 38.8 Å². The Morgan fingerprint density at radius 1 is 1.07 bits per heavy atom. The highest BCUT2D eigenvalue weighted by atomic mass is 16.7. The molecule has 3 aliphatic rings. The lowest BCUT2D eigenvalue weighted by Gasteiger charge is -2.23. The minimum atomic E-state index is -1.11. The summed E-state index contributed by atoms with van der Waals surface area (Å²) in [6.45, 7) is 3.01. The fourth-order valence-corrected chi connectivity index (χ4v) is 4.22. The first kappa shape index (κ1) is 20.2. The summed E-state index contributed by atoms with van der Waals surface area (Å²) >= 11 is 0. The van der Waals surface area contributed by atoms with E-state index in [1.807, 2.05) is 0 Å². The van der Waals surface area contributed by atoms with E-state index in [2.05, 4.69) is 5.32 Å². The second-order valence-corrected chi connectivity index (χ2v) is 7.86. The number of esters is 1. The molecule has 0 radical (unpaired) electrons. The molecule has 3 amide bonds. The summed E-state index contributed by atoms with van der Waals surface area (Å²) < 4.78 is 15.7. The molecule has 1 aliphatic carbocycles. The van der Waals surface area contributed by atoms with E-state index >= 15 is 0 Å². The van der Waals surface area contributed by atoms with Crippen molar-refractivity contribution in [1.82, 2.24) is 4.90 Å². The van der Waals surface area contributed by atoms with Gasteiger partial charge in [-0.25, -0.2) is 4.79 Å². The molecule has 1 saturated carbocycles. The number of nitrogens with zero attached hydrogens (tertiary/aromatic N) is 1. The van der Waals surface area contributed by atoms with Crippen LogP contribution < -0.4 is 14.8 Å². The van der Waals surface area contributed by atoms with Gasteiger partial charge in [0.1, 0.15) is 6.04 Å². The van der Waals surface area contributed by atoms with Gasteiger partial charge in [-0.2, -0.15) is 0 Å². The molecule has 1 N–H and O–H groups in total. The highest BCUT2D eigenvalue weighted by Gasteiger charge is 2.51. The van der Waals surface area contributed by atoms with Crippen LogP contribution in [0.2, 0.25) is 0 Å². The van der Waals surface area contributed by atoms with E-state index in [0.717, 1.165) is 17.7 Å². The molecule has 1 aromatic carbocycles. The van der Waals surface area contributed by atoms with Crippen molar-refractivity contribution in [2.45, 2.75) is 51.7 Å². The minimum Gasteiger partial charge on any atom is -0.454 e. The molecular formula is C21H24N2O7. The average molecular weight is 416 g/mol. The smallest absolute Gasteiger partial charge is 0.329 e. The first-order valence-corrected chi connectivity index (χ1v) is 10.1. The zero-order valence-electron chi connectivity index (χ0n) is 16.9. The Bertz CT molecular complexity index is 875. The predicted molar refractivity (Wildman–Crippen MR) is 104 cm³/mol. The third-order valence-electron chi connectivity index (χ3n) is 5.91. The Labute approximate surface area is 173 Å². The molecule has 1 aromatic rings. The minimum absolute atomic E-state index is 0.119. The largest absolute Gasteiger partial charge is 0.454 e. The number of carbonyl (C=O) groups excluding carboxylic acids is 4. The number of benzene rings is 1. The lowest BCUT2D eigenvalue weighted by Crippen LogP contribution is -2.46.